The standard InChI is InChI=1S/C18H13.2ClH.Zr/c1-2-7-13(6-1)15-10-5-11-17-16-9-4-3-8-14(16)12-18(15)17;;;/h1,3-6,8-11H,2,12H2;2*1H;/q-1;;;+3/p-2. The van der Waals surface area contributed by atoms with Crippen molar-refractivity contribution < 1.29 is 51.0 Å². The van der Waals surface area contributed by atoms with Gasteiger partial charge in [0.15, 0.2) is 0 Å². The monoisotopic (exact) mass is 389 g/mol. The number of halogens is 2. The molecule has 0 fully saturated rings. The molecule has 4 rings (SSSR count). The van der Waals surface area contributed by atoms with Gasteiger partial charge in [0.25, 0.3) is 0 Å². The molecule has 103 valence electrons. The minimum absolute atomic E-state index is 0. The summed E-state index contributed by atoms with van der Waals surface area (Å²) in [4.78, 5) is 0. The fourth-order valence-electron chi connectivity index (χ4n) is 3.00. The summed E-state index contributed by atoms with van der Waals surface area (Å²) >= 11 is 0. The van der Waals surface area contributed by atoms with Gasteiger partial charge < -0.3 is 24.8 Å². The predicted molar refractivity (Wildman–Crippen MR) is 75.1 cm³/mol. The van der Waals surface area contributed by atoms with Gasteiger partial charge in [-0.3, -0.25) is 0 Å². The molecule has 0 bridgehead atoms. The fraction of sp³-hybridized carbons (Fsp3) is 0.111. The molecule has 0 nitrogen and oxygen atoms in total. The SMILES string of the molecule is [C-]1=C(c2cccc3c2Cc2ccccc2-3)C=CC1.[Cl-].[Cl-].[Zr+3]. The Labute approximate surface area is 157 Å². The first-order valence-corrected chi connectivity index (χ1v) is 6.41. The smallest absolute Gasteiger partial charge is 1.00 e. The molecule has 0 saturated heterocycles. The molecule has 0 saturated carbocycles. The summed E-state index contributed by atoms with van der Waals surface area (Å²) in [5.41, 5.74) is 8.34. The van der Waals surface area contributed by atoms with Gasteiger partial charge in [0.05, 0.1) is 0 Å². The van der Waals surface area contributed by atoms with E-state index in [-0.39, 0.29) is 51.0 Å². The first kappa shape index (κ1) is 18.4. The molecule has 0 unspecified atom stereocenters. The molecule has 0 amide bonds. The van der Waals surface area contributed by atoms with Gasteiger partial charge in [-0.15, -0.1) is 17.7 Å². The Balaban J connectivity index is 0.000000735. The van der Waals surface area contributed by atoms with E-state index in [1.54, 1.807) is 0 Å². The predicted octanol–water partition coefficient (Wildman–Crippen LogP) is -1.59. The molecule has 0 heterocycles. The molecule has 2 aliphatic carbocycles. The Kier molecular flexibility index (Phi) is 6.66. The van der Waals surface area contributed by atoms with Crippen molar-refractivity contribution in [1.82, 2.24) is 0 Å². The summed E-state index contributed by atoms with van der Waals surface area (Å²) in [5.74, 6) is 0. The van der Waals surface area contributed by atoms with Crippen LogP contribution in [0.4, 0.5) is 0 Å². The second-order valence-corrected chi connectivity index (χ2v) is 4.86. The maximum atomic E-state index is 3.43. The third-order valence-corrected chi connectivity index (χ3v) is 3.84. The zero-order valence-electron chi connectivity index (χ0n) is 11.4. The van der Waals surface area contributed by atoms with Gasteiger partial charge in [0.2, 0.25) is 0 Å². The van der Waals surface area contributed by atoms with E-state index < -0.39 is 0 Å². The van der Waals surface area contributed by atoms with Crippen LogP contribution in [0.5, 0.6) is 0 Å². The number of allylic oxidation sites excluding steroid dienone is 4. The number of hydrogen-bond acceptors (Lipinski definition) is 0. The summed E-state index contributed by atoms with van der Waals surface area (Å²) in [6, 6.07) is 15.4. The van der Waals surface area contributed by atoms with Crippen molar-refractivity contribution in [3.05, 3.63) is 77.4 Å². The molecule has 0 atom stereocenters. The second kappa shape index (κ2) is 7.59. The van der Waals surface area contributed by atoms with Gasteiger partial charge in [-0.25, -0.2) is 0 Å². The van der Waals surface area contributed by atoms with Crippen LogP contribution < -0.4 is 24.8 Å². The van der Waals surface area contributed by atoms with Crippen molar-refractivity contribution in [3.8, 4) is 11.1 Å². The zero-order chi connectivity index (χ0) is 11.9. The average Bonchev–Trinajstić information content (AvgIpc) is 3.05. The van der Waals surface area contributed by atoms with E-state index in [4.69, 9.17) is 0 Å². The molecule has 2 aliphatic rings. The van der Waals surface area contributed by atoms with Gasteiger partial charge >= 0.3 is 26.2 Å². The zero-order valence-corrected chi connectivity index (χ0v) is 15.3. The normalized spacial score (nSPS) is 13.2. The summed E-state index contributed by atoms with van der Waals surface area (Å²) in [6.45, 7) is 0. The number of fused-ring (bicyclic) bond motifs is 3. The van der Waals surface area contributed by atoms with Crippen LogP contribution >= 0.6 is 0 Å². The Hall–Kier alpha value is -0.617. The first-order valence-electron chi connectivity index (χ1n) is 6.41. The van der Waals surface area contributed by atoms with E-state index >= 15 is 0 Å². The Bertz CT molecular complexity index is 702. The van der Waals surface area contributed by atoms with Crippen LogP contribution in [0.3, 0.4) is 0 Å². The third-order valence-electron chi connectivity index (χ3n) is 3.84. The van der Waals surface area contributed by atoms with E-state index in [2.05, 4.69) is 60.7 Å². The summed E-state index contributed by atoms with van der Waals surface area (Å²) in [5, 5.41) is 0. The second-order valence-electron chi connectivity index (χ2n) is 4.86. The molecule has 0 aliphatic heterocycles. The molecule has 1 radical (unpaired) electrons. The van der Waals surface area contributed by atoms with E-state index in [9.17, 15) is 0 Å². The molecular formula is C18H13Cl2Zr. The molecule has 0 N–H and O–H groups in total. The third kappa shape index (κ3) is 3.11. The van der Waals surface area contributed by atoms with Gasteiger partial charge in [0, 0.05) is 0 Å². The van der Waals surface area contributed by atoms with Crippen molar-refractivity contribution in [3.63, 3.8) is 0 Å². The van der Waals surface area contributed by atoms with Crippen molar-refractivity contribution in [2.45, 2.75) is 12.8 Å². The van der Waals surface area contributed by atoms with E-state index in [0.29, 0.717) is 0 Å². The molecule has 2 aromatic carbocycles. The van der Waals surface area contributed by atoms with Crippen molar-refractivity contribution >= 4 is 5.57 Å². The summed E-state index contributed by atoms with van der Waals surface area (Å²) in [7, 11) is 0. The van der Waals surface area contributed by atoms with Crippen molar-refractivity contribution in [2.75, 3.05) is 0 Å². The molecule has 0 spiro atoms. The Morgan fingerprint density at radius 2 is 1.52 bits per heavy atom. The Morgan fingerprint density at radius 1 is 0.810 bits per heavy atom. The average molecular weight is 391 g/mol. The van der Waals surface area contributed by atoms with Crippen molar-refractivity contribution in [1.29, 1.82) is 0 Å². The van der Waals surface area contributed by atoms with Gasteiger partial charge in [0.1, 0.15) is 0 Å². The number of hydrogen-bond donors (Lipinski definition) is 0. The molecule has 3 heteroatoms. The topological polar surface area (TPSA) is 0 Å². The maximum absolute atomic E-state index is 3.43. The van der Waals surface area contributed by atoms with Crippen LogP contribution in [0.1, 0.15) is 23.1 Å². The van der Waals surface area contributed by atoms with E-state index in [0.717, 1.165) is 12.8 Å². The first-order chi connectivity index (χ1) is 8.93. The summed E-state index contributed by atoms with van der Waals surface area (Å²) < 4.78 is 0. The molecule has 0 aromatic heterocycles. The van der Waals surface area contributed by atoms with Crippen LogP contribution in [-0.2, 0) is 32.6 Å². The van der Waals surface area contributed by atoms with Crippen LogP contribution in [0.2, 0.25) is 0 Å². The van der Waals surface area contributed by atoms with Gasteiger partial charge in [-0.2, -0.15) is 17.7 Å². The van der Waals surface area contributed by atoms with Gasteiger partial charge in [-0.1, -0.05) is 48.4 Å². The maximum Gasteiger partial charge on any atom is 3.00 e. The largest absolute Gasteiger partial charge is 3.00 e. The van der Waals surface area contributed by atoms with E-state index in [1.807, 2.05) is 0 Å². The van der Waals surface area contributed by atoms with Crippen molar-refractivity contribution in [2.24, 2.45) is 0 Å². The fourth-order valence-corrected chi connectivity index (χ4v) is 3.00. The van der Waals surface area contributed by atoms with Crippen LogP contribution in [0.25, 0.3) is 16.7 Å². The number of benzene rings is 2. The quantitative estimate of drug-likeness (QED) is 0.439. The van der Waals surface area contributed by atoms with Crippen LogP contribution in [0.15, 0.2) is 54.6 Å². The summed E-state index contributed by atoms with van der Waals surface area (Å²) in [6.07, 6.45) is 9.81. The van der Waals surface area contributed by atoms with E-state index in [1.165, 1.54) is 33.4 Å². The van der Waals surface area contributed by atoms with Crippen LogP contribution in [0, 0.1) is 6.08 Å². The molecule has 21 heavy (non-hydrogen) atoms. The minimum atomic E-state index is 0. The number of rotatable bonds is 1. The van der Waals surface area contributed by atoms with Crippen LogP contribution in [-0.4, -0.2) is 0 Å². The minimum Gasteiger partial charge on any atom is -1.00 e. The van der Waals surface area contributed by atoms with Gasteiger partial charge in [-0.05, 0) is 23.1 Å². The Morgan fingerprint density at radius 3 is 2.29 bits per heavy atom. The molecule has 2 aromatic rings. The molecular weight excluding hydrogens is 378 g/mol.